The van der Waals surface area contributed by atoms with E-state index in [0.29, 0.717) is 17.3 Å². The van der Waals surface area contributed by atoms with Crippen molar-refractivity contribution in [2.45, 2.75) is 26.8 Å². The molecular weight excluding hydrogens is 446 g/mol. The molecule has 4 rings (SSSR count). The number of hydrogen-bond acceptors (Lipinski definition) is 9. The van der Waals surface area contributed by atoms with E-state index in [2.05, 4.69) is 74.0 Å². The number of hydrazine groups is 1. The molecule has 0 spiro atoms. The van der Waals surface area contributed by atoms with Gasteiger partial charge in [0, 0.05) is 5.69 Å². The fourth-order valence-corrected chi connectivity index (χ4v) is 3.46. The molecule has 0 bridgehead atoms. The van der Waals surface area contributed by atoms with Gasteiger partial charge in [-0.25, -0.2) is 4.63 Å². The van der Waals surface area contributed by atoms with Crippen molar-refractivity contribution in [2.24, 2.45) is 5.92 Å². The topological polar surface area (TPSA) is 149 Å². The number of hydrogen-bond donors (Lipinski definition) is 4. The van der Waals surface area contributed by atoms with Crippen LogP contribution in [0.15, 0.2) is 65.8 Å². The van der Waals surface area contributed by atoms with E-state index in [1.165, 1.54) is 10.2 Å². The molecule has 0 atom stereocenters. The molecule has 180 valence electrons. The number of carbonyl (C=O) groups is 1. The molecule has 1 amide bonds. The normalized spacial score (nSPS) is 10.8. The Hall–Kier alpha value is -4.67. The molecule has 0 aliphatic rings. The van der Waals surface area contributed by atoms with E-state index in [1.54, 1.807) is 0 Å². The first-order valence-electron chi connectivity index (χ1n) is 11.1. The summed E-state index contributed by atoms with van der Waals surface area (Å²) in [4.78, 5) is 13.0. The quantitative estimate of drug-likeness (QED) is 0.255. The summed E-state index contributed by atoms with van der Waals surface area (Å²) < 4.78 is 6.00. The van der Waals surface area contributed by atoms with Crippen LogP contribution in [0.3, 0.4) is 0 Å². The summed E-state index contributed by atoms with van der Waals surface area (Å²) in [5, 5.41) is 18.7. The van der Waals surface area contributed by atoms with Gasteiger partial charge in [-0.3, -0.25) is 15.6 Å². The van der Waals surface area contributed by atoms with E-state index in [-0.39, 0.29) is 23.9 Å². The van der Waals surface area contributed by atoms with E-state index in [0.717, 1.165) is 17.7 Å². The number of anilines is 2. The zero-order valence-electron chi connectivity index (χ0n) is 19.5. The molecular formula is C24H27N9O2. The van der Waals surface area contributed by atoms with Gasteiger partial charge in [-0.15, -0.1) is 5.10 Å². The van der Waals surface area contributed by atoms with E-state index in [4.69, 9.17) is 5.73 Å². The molecule has 0 aliphatic carbocycles. The molecule has 0 saturated carbocycles. The molecule has 2 heterocycles. The zero-order chi connectivity index (χ0) is 24.8. The van der Waals surface area contributed by atoms with Gasteiger partial charge in [-0.05, 0) is 45.9 Å². The number of carbonyl (C=O) groups excluding carboxylic acids is 1. The predicted molar refractivity (Wildman–Crippen MR) is 132 cm³/mol. The minimum Gasteiger partial charge on any atom is -0.379 e. The zero-order valence-corrected chi connectivity index (χ0v) is 19.5. The lowest BCUT2D eigenvalue weighted by Gasteiger charge is -2.13. The lowest BCUT2D eigenvalue weighted by atomic mass is 10.0. The summed E-state index contributed by atoms with van der Waals surface area (Å²) in [5.41, 5.74) is 15.3. The summed E-state index contributed by atoms with van der Waals surface area (Å²) in [5.74, 6) is 0.230. The van der Waals surface area contributed by atoms with E-state index in [9.17, 15) is 4.79 Å². The molecule has 2 aromatic carbocycles. The molecule has 11 heteroatoms. The number of rotatable bonds is 10. The maximum Gasteiger partial charge on any atom is 0.292 e. The average Bonchev–Trinajstić information content (AvgIpc) is 3.47. The van der Waals surface area contributed by atoms with Crippen LogP contribution in [-0.4, -0.2) is 31.2 Å². The SMILES string of the molecule is C=C(NNC(=O)c1nnn(-c2nonc2N)c1CNc1ccccc1)c1ccc(CC(C)C)cc1. The molecule has 0 aliphatic heterocycles. The highest BCUT2D eigenvalue weighted by Crippen LogP contribution is 2.18. The number of aromatic nitrogens is 5. The monoisotopic (exact) mass is 473 g/mol. The van der Waals surface area contributed by atoms with Crippen LogP contribution < -0.4 is 21.9 Å². The second kappa shape index (κ2) is 10.5. The number of nitrogens with zero attached hydrogens (tertiary/aromatic N) is 5. The molecule has 2 aromatic heterocycles. The van der Waals surface area contributed by atoms with Crippen molar-refractivity contribution in [1.29, 1.82) is 0 Å². The smallest absolute Gasteiger partial charge is 0.292 e. The molecule has 11 nitrogen and oxygen atoms in total. The fourth-order valence-electron chi connectivity index (χ4n) is 3.46. The van der Waals surface area contributed by atoms with Crippen LogP contribution in [0.1, 0.15) is 41.2 Å². The minimum atomic E-state index is -0.506. The highest BCUT2D eigenvalue weighted by atomic mass is 16.6. The second-order valence-corrected chi connectivity index (χ2v) is 8.34. The third-order valence-corrected chi connectivity index (χ3v) is 5.18. The lowest BCUT2D eigenvalue weighted by molar-refractivity contribution is 0.0936. The Labute approximate surface area is 202 Å². The molecule has 0 radical (unpaired) electrons. The minimum absolute atomic E-state index is 0.0234. The van der Waals surface area contributed by atoms with Crippen molar-refractivity contribution in [3.63, 3.8) is 0 Å². The Kier molecular flexibility index (Phi) is 7.05. The molecule has 35 heavy (non-hydrogen) atoms. The summed E-state index contributed by atoms with van der Waals surface area (Å²) in [7, 11) is 0. The first-order chi connectivity index (χ1) is 16.9. The lowest BCUT2D eigenvalue weighted by Crippen LogP contribution is -2.36. The van der Waals surface area contributed by atoms with Gasteiger partial charge in [-0.1, -0.05) is 68.1 Å². The Morgan fingerprint density at radius 1 is 1.09 bits per heavy atom. The Balaban J connectivity index is 1.49. The van der Waals surface area contributed by atoms with Gasteiger partial charge in [0.1, 0.15) is 0 Å². The van der Waals surface area contributed by atoms with E-state index < -0.39 is 5.91 Å². The molecule has 0 unspecified atom stereocenters. The molecule has 4 aromatic rings. The van der Waals surface area contributed by atoms with Gasteiger partial charge < -0.3 is 11.1 Å². The van der Waals surface area contributed by atoms with Gasteiger partial charge in [0.15, 0.2) is 5.69 Å². The molecule has 0 fully saturated rings. The van der Waals surface area contributed by atoms with Gasteiger partial charge in [0.05, 0.1) is 17.9 Å². The number of amides is 1. The van der Waals surface area contributed by atoms with Crippen LogP contribution in [0.5, 0.6) is 0 Å². The maximum absolute atomic E-state index is 13.0. The Morgan fingerprint density at radius 2 is 1.83 bits per heavy atom. The second-order valence-electron chi connectivity index (χ2n) is 8.34. The van der Waals surface area contributed by atoms with Gasteiger partial charge in [0.2, 0.25) is 11.6 Å². The fraction of sp³-hybridized carbons (Fsp3) is 0.208. The van der Waals surface area contributed by atoms with Crippen molar-refractivity contribution >= 4 is 23.1 Å². The van der Waals surface area contributed by atoms with Crippen molar-refractivity contribution in [2.75, 3.05) is 11.1 Å². The number of nitrogens with two attached hydrogens (primary N) is 1. The number of benzene rings is 2. The summed E-state index contributed by atoms with van der Waals surface area (Å²) in [6, 6.07) is 17.5. The summed E-state index contributed by atoms with van der Waals surface area (Å²) >= 11 is 0. The van der Waals surface area contributed by atoms with Crippen LogP contribution >= 0.6 is 0 Å². The standard InChI is InChI=1S/C24H27N9O2/c1-15(2)13-17-9-11-18(12-10-17)16(3)27-29-24(34)21-20(14-26-19-7-5-4-6-8-19)33(32-28-21)23-22(25)30-35-31-23/h4-12,15,26-27H,3,13-14H2,1-2H3,(H2,25,30)(H,29,34). The first-order valence-corrected chi connectivity index (χ1v) is 11.1. The molecule has 0 saturated heterocycles. The number of nitrogen functional groups attached to an aromatic ring is 1. The van der Waals surface area contributed by atoms with Crippen molar-refractivity contribution in [3.8, 4) is 5.82 Å². The van der Waals surface area contributed by atoms with Gasteiger partial charge >= 0.3 is 0 Å². The maximum atomic E-state index is 13.0. The van der Waals surface area contributed by atoms with Crippen LogP contribution in [-0.2, 0) is 13.0 Å². The van der Waals surface area contributed by atoms with Crippen molar-refractivity contribution in [1.82, 2.24) is 36.2 Å². The predicted octanol–water partition coefficient (Wildman–Crippen LogP) is 2.95. The van der Waals surface area contributed by atoms with Crippen LogP contribution in [0.25, 0.3) is 11.5 Å². The van der Waals surface area contributed by atoms with Crippen molar-refractivity contribution in [3.05, 3.63) is 83.7 Å². The number of para-hydroxylation sites is 1. The van der Waals surface area contributed by atoms with Crippen molar-refractivity contribution < 1.29 is 9.42 Å². The van der Waals surface area contributed by atoms with E-state index in [1.807, 2.05) is 42.5 Å². The first kappa shape index (κ1) is 23.5. The Bertz CT molecular complexity index is 1290. The van der Waals surface area contributed by atoms with Crippen LogP contribution in [0, 0.1) is 5.92 Å². The highest BCUT2D eigenvalue weighted by molar-refractivity contribution is 5.93. The largest absolute Gasteiger partial charge is 0.379 e. The summed E-state index contributed by atoms with van der Waals surface area (Å²) in [6.07, 6.45) is 0.998. The summed E-state index contributed by atoms with van der Waals surface area (Å²) in [6.45, 7) is 8.58. The third-order valence-electron chi connectivity index (χ3n) is 5.18. The van der Waals surface area contributed by atoms with Crippen LogP contribution in [0.4, 0.5) is 11.5 Å². The molecule has 5 N–H and O–H groups in total. The Morgan fingerprint density at radius 3 is 2.49 bits per heavy atom. The van der Waals surface area contributed by atoms with Gasteiger partial charge in [0.25, 0.3) is 5.91 Å². The number of nitrogens with one attached hydrogen (secondary N) is 3. The average molecular weight is 474 g/mol. The highest BCUT2D eigenvalue weighted by Gasteiger charge is 2.24. The van der Waals surface area contributed by atoms with Crippen LogP contribution in [0.2, 0.25) is 0 Å². The van der Waals surface area contributed by atoms with Gasteiger partial charge in [-0.2, -0.15) is 4.68 Å². The third kappa shape index (κ3) is 5.64. The van der Waals surface area contributed by atoms with E-state index >= 15 is 0 Å².